The van der Waals surface area contributed by atoms with Crippen LogP contribution in [0.25, 0.3) is 0 Å². The monoisotopic (exact) mass is 829 g/mol. The van der Waals surface area contributed by atoms with Crippen LogP contribution in [-0.2, 0) is 28.6 Å². The first-order valence-electron chi connectivity index (χ1n) is 23.9. The van der Waals surface area contributed by atoms with Crippen LogP contribution in [0.1, 0.15) is 194 Å². The number of nitrogens with zero attached hydrogens (tertiary/aromatic N) is 1. The molecule has 8 heteroatoms. The molecule has 2 atom stereocenters. The second-order valence-electron chi connectivity index (χ2n) is 17.1. The van der Waals surface area contributed by atoms with E-state index in [2.05, 4.69) is 50.3 Å². The number of carboxylic acids is 1. The summed E-state index contributed by atoms with van der Waals surface area (Å²) in [5.74, 6) is -1.50. The van der Waals surface area contributed by atoms with Crippen LogP contribution < -0.4 is 0 Å². The van der Waals surface area contributed by atoms with Crippen molar-refractivity contribution >= 4 is 17.9 Å². The van der Waals surface area contributed by atoms with E-state index in [1.165, 1.54) is 96.3 Å². The molecule has 0 aliphatic rings. The van der Waals surface area contributed by atoms with Crippen molar-refractivity contribution in [2.24, 2.45) is 0 Å². The van der Waals surface area contributed by atoms with Crippen molar-refractivity contribution in [3.63, 3.8) is 0 Å². The molecule has 0 heterocycles. The normalized spacial score (nSPS) is 13.4. The zero-order chi connectivity index (χ0) is 43.5. The largest absolute Gasteiger partial charge is 0.477 e. The maximum Gasteiger partial charge on any atom is 0.362 e. The first-order valence-corrected chi connectivity index (χ1v) is 23.9. The Morgan fingerprint density at radius 1 is 0.525 bits per heavy atom. The molecule has 0 radical (unpaired) electrons. The lowest BCUT2D eigenvalue weighted by molar-refractivity contribution is -0.887. The number of carboxylic acid groups (broad SMARTS) is 1. The van der Waals surface area contributed by atoms with E-state index in [0.29, 0.717) is 19.3 Å². The molecule has 0 fully saturated rings. The molecule has 0 aromatic heterocycles. The molecule has 8 nitrogen and oxygen atoms in total. The predicted molar refractivity (Wildman–Crippen MR) is 247 cm³/mol. The van der Waals surface area contributed by atoms with Gasteiger partial charge >= 0.3 is 17.9 Å². The number of hydrogen-bond acceptors (Lipinski definition) is 6. The molecule has 0 bridgehead atoms. The van der Waals surface area contributed by atoms with E-state index >= 15 is 0 Å². The highest BCUT2D eigenvalue weighted by atomic mass is 16.6. The summed E-state index contributed by atoms with van der Waals surface area (Å²) in [4.78, 5) is 37.1. The minimum atomic E-state index is -0.881. The third kappa shape index (κ3) is 40.2. The van der Waals surface area contributed by atoms with Crippen LogP contribution in [0.15, 0.2) is 60.8 Å². The summed E-state index contributed by atoms with van der Waals surface area (Å²) < 4.78 is 17.3. The summed E-state index contributed by atoms with van der Waals surface area (Å²) in [6.07, 6.45) is 51.2. The number of quaternary nitrogens is 1. The highest BCUT2D eigenvalue weighted by molar-refractivity contribution is 5.72. The average molecular weight is 829 g/mol. The second kappa shape index (κ2) is 41.8. The van der Waals surface area contributed by atoms with Crippen molar-refractivity contribution < 1.29 is 38.2 Å². The number of unbranched alkanes of at least 4 members (excludes halogenated alkanes) is 21. The second-order valence-corrected chi connectivity index (χ2v) is 17.1. The van der Waals surface area contributed by atoms with Gasteiger partial charge in [-0.15, -0.1) is 0 Å². The van der Waals surface area contributed by atoms with Crippen molar-refractivity contribution in [2.45, 2.75) is 206 Å². The first-order chi connectivity index (χ1) is 28.6. The van der Waals surface area contributed by atoms with E-state index < -0.39 is 18.1 Å². The Kier molecular flexibility index (Phi) is 39.6. The molecular formula is C51H90NO7+. The summed E-state index contributed by atoms with van der Waals surface area (Å²) in [7, 11) is 5.52. The fourth-order valence-corrected chi connectivity index (χ4v) is 6.80. The fraction of sp³-hybridized carbons (Fsp3) is 0.745. The summed E-state index contributed by atoms with van der Waals surface area (Å²) in [5.41, 5.74) is 0. The minimum absolute atomic E-state index is 0.0481. The number of carbonyl (C=O) groups is 3. The molecule has 0 aliphatic heterocycles. The van der Waals surface area contributed by atoms with Crippen LogP contribution in [0.3, 0.4) is 0 Å². The molecule has 59 heavy (non-hydrogen) atoms. The number of esters is 2. The summed E-state index contributed by atoms with van der Waals surface area (Å²) >= 11 is 0. The maximum atomic E-state index is 12.7. The molecular weight excluding hydrogens is 739 g/mol. The van der Waals surface area contributed by atoms with Crippen LogP contribution in [-0.4, -0.2) is 80.6 Å². The van der Waals surface area contributed by atoms with E-state index in [0.717, 1.165) is 64.2 Å². The Morgan fingerprint density at radius 2 is 0.966 bits per heavy atom. The SMILES string of the molecule is CC/C=C/C=C/C=C/C=C/CCCCCCCC(=O)OC(COCCC(C(=O)O)[N+](C)(C)C)COC(=O)CCCCCCCCC/C=C/CCCCCCCCCCC. The van der Waals surface area contributed by atoms with Crippen molar-refractivity contribution in [2.75, 3.05) is 41.0 Å². The summed E-state index contributed by atoms with van der Waals surface area (Å²) in [6, 6.07) is -0.622. The number of likely N-dealkylation sites (N-methyl/N-ethyl adjacent to an activating group) is 1. The van der Waals surface area contributed by atoms with Crippen molar-refractivity contribution in [3.8, 4) is 0 Å². The molecule has 0 aliphatic carbocycles. The third-order valence-electron chi connectivity index (χ3n) is 10.5. The van der Waals surface area contributed by atoms with Gasteiger partial charge in [0.2, 0.25) is 0 Å². The highest BCUT2D eigenvalue weighted by Gasteiger charge is 2.31. The average Bonchev–Trinajstić information content (AvgIpc) is 3.19. The number of rotatable bonds is 42. The first kappa shape index (κ1) is 56.0. The van der Waals surface area contributed by atoms with Gasteiger partial charge in [0.1, 0.15) is 6.61 Å². The van der Waals surface area contributed by atoms with Crippen LogP contribution in [0.2, 0.25) is 0 Å². The quantitative estimate of drug-likeness (QED) is 0.0215. The van der Waals surface area contributed by atoms with Gasteiger partial charge in [0.05, 0.1) is 34.4 Å². The van der Waals surface area contributed by atoms with Crippen LogP contribution in [0, 0.1) is 0 Å². The smallest absolute Gasteiger partial charge is 0.362 e. The zero-order valence-electron chi connectivity index (χ0n) is 38.7. The molecule has 0 saturated carbocycles. The lowest BCUT2D eigenvalue weighted by Crippen LogP contribution is -2.50. The maximum absolute atomic E-state index is 12.7. The lowest BCUT2D eigenvalue weighted by atomic mass is 10.1. The molecule has 0 aromatic carbocycles. The van der Waals surface area contributed by atoms with Gasteiger partial charge in [0.15, 0.2) is 12.1 Å². The molecule has 340 valence electrons. The van der Waals surface area contributed by atoms with E-state index in [1.54, 1.807) is 0 Å². The number of carbonyl (C=O) groups excluding carboxylic acids is 2. The van der Waals surface area contributed by atoms with Gasteiger partial charge in [0, 0.05) is 19.3 Å². The van der Waals surface area contributed by atoms with Gasteiger partial charge < -0.3 is 23.8 Å². The topological polar surface area (TPSA) is 99.1 Å². The number of aliphatic carboxylic acids is 1. The van der Waals surface area contributed by atoms with Gasteiger partial charge in [0.25, 0.3) is 0 Å². The van der Waals surface area contributed by atoms with Gasteiger partial charge in [-0.05, 0) is 57.8 Å². The van der Waals surface area contributed by atoms with Gasteiger partial charge in [-0.25, -0.2) is 4.79 Å². The molecule has 0 spiro atoms. The van der Waals surface area contributed by atoms with Gasteiger partial charge in [-0.2, -0.15) is 0 Å². The van der Waals surface area contributed by atoms with E-state index in [4.69, 9.17) is 14.2 Å². The zero-order valence-corrected chi connectivity index (χ0v) is 38.7. The fourth-order valence-electron chi connectivity index (χ4n) is 6.80. The van der Waals surface area contributed by atoms with Crippen molar-refractivity contribution in [3.05, 3.63) is 60.8 Å². The Hall–Kier alpha value is -2.97. The van der Waals surface area contributed by atoms with E-state index in [9.17, 15) is 19.5 Å². The highest BCUT2D eigenvalue weighted by Crippen LogP contribution is 2.14. The molecule has 2 unspecified atom stereocenters. The van der Waals surface area contributed by atoms with E-state index in [-0.39, 0.29) is 36.2 Å². The van der Waals surface area contributed by atoms with Crippen LogP contribution in [0.4, 0.5) is 0 Å². The predicted octanol–water partition coefficient (Wildman–Crippen LogP) is 13.4. The van der Waals surface area contributed by atoms with Crippen LogP contribution in [0.5, 0.6) is 0 Å². The Labute approximate surface area is 362 Å². The minimum Gasteiger partial charge on any atom is -0.477 e. The van der Waals surface area contributed by atoms with E-state index in [1.807, 2.05) is 45.4 Å². The summed E-state index contributed by atoms with van der Waals surface area (Å²) in [6.45, 7) is 4.57. The standard InChI is InChI=1S/C51H89NO7/c1-6-8-10-12-14-16-18-20-22-23-24-25-26-28-29-31-33-35-37-39-41-49(53)58-46-47(45-57-44-43-48(51(55)56)52(3,4)5)59-50(54)42-40-38-36-34-32-30-27-21-19-17-15-13-11-9-7-2/h9,11,13,15,17,19,21,24-25,27,47-48H,6-8,10,12,14,16,18,20,22-23,26,28-46H2,1-5H3/p+1/b11-9+,15-13+,19-17+,25-24+,27-21+. The van der Waals surface area contributed by atoms with Crippen molar-refractivity contribution in [1.82, 2.24) is 0 Å². The Bertz CT molecular complexity index is 1150. The van der Waals surface area contributed by atoms with Crippen LogP contribution >= 0.6 is 0 Å². The number of allylic oxidation sites excluding steroid dienone is 10. The molecule has 0 aromatic rings. The van der Waals surface area contributed by atoms with Gasteiger partial charge in [-0.3, -0.25) is 9.59 Å². The molecule has 0 rings (SSSR count). The lowest BCUT2D eigenvalue weighted by Gasteiger charge is -2.31. The number of ether oxygens (including phenoxy) is 3. The number of hydrogen-bond donors (Lipinski definition) is 1. The molecule has 1 N–H and O–H groups in total. The molecule has 0 saturated heterocycles. The Balaban J connectivity index is 4.31. The van der Waals surface area contributed by atoms with Gasteiger partial charge in [-0.1, -0.05) is 177 Å². The Morgan fingerprint density at radius 3 is 1.46 bits per heavy atom. The molecule has 0 amide bonds. The third-order valence-corrected chi connectivity index (χ3v) is 10.5. The summed E-state index contributed by atoms with van der Waals surface area (Å²) in [5, 5.41) is 9.63. The van der Waals surface area contributed by atoms with Crippen molar-refractivity contribution in [1.29, 1.82) is 0 Å².